The summed E-state index contributed by atoms with van der Waals surface area (Å²) in [5.41, 5.74) is 0. The lowest BCUT2D eigenvalue weighted by molar-refractivity contribution is 0.261. The monoisotopic (exact) mass is 333 g/mol. The van der Waals surface area contributed by atoms with Crippen molar-refractivity contribution in [1.29, 1.82) is 0 Å². The zero-order chi connectivity index (χ0) is 15.5. The van der Waals surface area contributed by atoms with Gasteiger partial charge in [-0.2, -0.15) is 4.31 Å². The maximum Gasteiger partial charge on any atom is 0.262 e. The van der Waals surface area contributed by atoms with Crippen molar-refractivity contribution in [1.82, 2.24) is 13.9 Å². The van der Waals surface area contributed by atoms with Crippen LogP contribution < -0.4 is 0 Å². The molecule has 5 nitrogen and oxygen atoms in total. The highest BCUT2D eigenvalue weighted by Gasteiger charge is 2.33. The van der Waals surface area contributed by atoms with Gasteiger partial charge in [0.05, 0.1) is 0 Å². The predicted molar refractivity (Wildman–Crippen MR) is 84.1 cm³/mol. The van der Waals surface area contributed by atoms with Crippen LogP contribution in [0.25, 0.3) is 0 Å². The average molecular weight is 334 g/mol. The van der Waals surface area contributed by atoms with Crippen LogP contribution in [0.5, 0.6) is 0 Å². The third-order valence-corrected chi connectivity index (χ3v) is 6.15. The van der Waals surface area contributed by atoms with Crippen LogP contribution in [0, 0.1) is 6.92 Å². The van der Waals surface area contributed by atoms with Gasteiger partial charge in [0, 0.05) is 31.2 Å². The van der Waals surface area contributed by atoms with Crippen molar-refractivity contribution in [3.63, 3.8) is 0 Å². The number of hydrogen-bond donors (Lipinski definition) is 0. The van der Waals surface area contributed by atoms with Crippen LogP contribution in [0.15, 0.2) is 11.2 Å². The van der Waals surface area contributed by atoms with Crippen LogP contribution in [0.1, 0.15) is 44.9 Å². The Balaban J connectivity index is 2.31. The first kappa shape index (κ1) is 16.8. The summed E-state index contributed by atoms with van der Waals surface area (Å²) >= 11 is 5.84. The topological polar surface area (TPSA) is 55.2 Å². The van der Waals surface area contributed by atoms with Gasteiger partial charge < -0.3 is 4.57 Å². The molecule has 0 bridgehead atoms. The van der Waals surface area contributed by atoms with E-state index in [1.165, 1.54) is 6.42 Å². The number of hydrogen-bond acceptors (Lipinski definition) is 3. The molecule has 0 aromatic carbocycles. The minimum Gasteiger partial charge on any atom is -0.334 e. The molecule has 1 aromatic rings. The first-order chi connectivity index (χ1) is 10.0. The fourth-order valence-electron chi connectivity index (χ4n) is 3.00. The van der Waals surface area contributed by atoms with E-state index >= 15 is 0 Å². The van der Waals surface area contributed by atoms with E-state index in [2.05, 4.69) is 4.98 Å². The van der Waals surface area contributed by atoms with E-state index in [9.17, 15) is 8.42 Å². The van der Waals surface area contributed by atoms with Crippen LogP contribution in [0.3, 0.4) is 0 Å². The molecule has 120 valence electrons. The Labute approximate surface area is 132 Å². The van der Waals surface area contributed by atoms with Crippen LogP contribution in [0.4, 0.5) is 0 Å². The average Bonchev–Trinajstić information content (AvgIpc) is 2.87. The number of aryl methyl sites for hydroxylation is 2. The van der Waals surface area contributed by atoms with E-state index < -0.39 is 10.0 Å². The predicted octanol–water partition coefficient (Wildman–Crippen LogP) is 2.77. The van der Waals surface area contributed by atoms with E-state index in [4.69, 9.17) is 11.6 Å². The van der Waals surface area contributed by atoms with Gasteiger partial charge in [-0.15, -0.1) is 11.6 Å². The van der Waals surface area contributed by atoms with Gasteiger partial charge in [-0.3, -0.25) is 0 Å². The van der Waals surface area contributed by atoms with Gasteiger partial charge in [0.15, 0.2) is 5.03 Å². The zero-order valence-corrected chi connectivity index (χ0v) is 14.3. The van der Waals surface area contributed by atoms with Crippen molar-refractivity contribution >= 4 is 21.6 Å². The highest BCUT2D eigenvalue weighted by molar-refractivity contribution is 7.89. The second kappa shape index (κ2) is 7.11. The van der Waals surface area contributed by atoms with Gasteiger partial charge in [-0.05, 0) is 26.7 Å². The Morgan fingerprint density at radius 2 is 2.05 bits per heavy atom. The lowest BCUT2D eigenvalue weighted by atomic mass is 9.95. The van der Waals surface area contributed by atoms with Crippen molar-refractivity contribution in [3.05, 3.63) is 12.0 Å². The van der Waals surface area contributed by atoms with E-state index in [0.717, 1.165) is 31.5 Å². The number of aromatic nitrogens is 2. The Morgan fingerprint density at radius 3 is 2.57 bits per heavy atom. The van der Waals surface area contributed by atoms with Crippen molar-refractivity contribution < 1.29 is 8.42 Å². The highest BCUT2D eigenvalue weighted by atomic mass is 35.5. The minimum atomic E-state index is -3.56. The maximum absolute atomic E-state index is 12.9. The molecule has 2 rings (SSSR count). The largest absolute Gasteiger partial charge is 0.334 e. The lowest BCUT2D eigenvalue weighted by Crippen LogP contribution is -2.42. The molecule has 1 aliphatic rings. The molecule has 7 heteroatoms. The molecule has 1 saturated carbocycles. The van der Waals surface area contributed by atoms with Gasteiger partial charge in [-0.1, -0.05) is 19.3 Å². The Hall–Kier alpha value is -0.590. The SMILES string of the molecule is CCn1cc(S(=O)(=O)N(CCCl)C2CCCCC2)nc1C. The van der Waals surface area contributed by atoms with Gasteiger partial charge >= 0.3 is 0 Å². The van der Waals surface area contributed by atoms with Crippen molar-refractivity contribution in [3.8, 4) is 0 Å². The maximum atomic E-state index is 12.9. The summed E-state index contributed by atoms with van der Waals surface area (Å²) < 4.78 is 29.2. The number of halogens is 1. The first-order valence-electron chi connectivity index (χ1n) is 7.62. The minimum absolute atomic E-state index is 0.0644. The van der Waals surface area contributed by atoms with Crippen LogP contribution >= 0.6 is 11.6 Å². The van der Waals surface area contributed by atoms with Crippen molar-refractivity contribution in [2.75, 3.05) is 12.4 Å². The molecule has 1 aliphatic carbocycles. The third kappa shape index (κ3) is 3.60. The lowest BCUT2D eigenvalue weighted by Gasteiger charge is -2.32. The summed E-state index contributed by atoms with van der Waals surface area (Å²) in [7, 11) is -3.56. The summed E-state index contributed by atoms with van der Waals surface area (Å²) in [4.78, 5) is 4.24. The van der Waals surface area contributed by atoms with Gasteiger partial charge in [0.25, 0.3) is 10.0 Å². The van der Waals surface area contributed by atoms with E-state index in [-0.39, 0.29) is 11.1 Å². The normalized spacial score (nSPS) is 17.5. The van der Waals surface area contributed by atoms with E-state index in [1.807, 2.05) is 18.4 Å². The van der Waals surface area contributed by atoms with Crippen LogP contribution in [0.2, 0.25) is 0 Å². The molecule has 0 aliphatic heterocycles. The Morgan fingerprint density at radius 1 is 1.38 bits per heavy atom. The molecule has 0 unspecified atom stereocenters. The van der Waals surface area contributed by atoms with Gasteiger partial charge in [0.1, 0.15) is 5.82 Å². The number of sulfonamides is 1. The molecular weight excluding hydrogens is 310 g/mol. The second-order valence-electron chi connectivity index (χ2n) is 5.51. The molecule has 0 radical (unpaired) electrons. The number of imidazole rings is 1. The summed E-state index contributed by atoms with van der Waals surface area (Å²) in [5.74, 6) is 1.04. The van der Waals surface area contributed by atoms with Crippen LogP contribution in [-0.2, 0) is 16.6 Å². The first-order valence-corrected chi connectivity index (χ1v) is 9.59. The Kier molecular flexibility index (Phi) is 5.68. The Bertz CT molecular complexity index is 565. The fourth-order valence-corrected chi connectivity index (χ4v) is 4.96. The number of alkyl halides is 1. The second-order valence-corrected chi connectivity index (χ2v) is 7.72. The number of rotatable bonds is 6. The smallest absolute Gasteiger partial charge is 0.262 e. The molecule has 0 atom stereocenters. The molecular formula is C14H24ClN3O2S. The standard InChI is InChI=1S/C14H24ClN3O2S/c1-3-17-11-14(16-12(17)2)21(19,20)18(10-9-15)13-7-5-4-6-8-13/h11,13H,3-10H2,1-2H3. The van der Waals surface area contributed by atoms with Crippen molar-refractivity contribution in [2.24, 2.45) is 0 Å². The zero-order valence-electron chi connectivity index (χ0n) is 12.8. The molecule has 1 fully saturated rings. The molecule has 0 N–H and O–H groups in total. The fraction of sp³-hybridized carbons (Fsp3) is 0.786. The van der Waals surface area contributed by atoms with E-state index in [1.54, 1.807) is 10.5 Å². The summed E-state index contributed by atoms with van der Waals surface area (Å²) in [6.07, 6.45) is 6.83. The van der Waals surface area contributed by atoms with Gasteiger partial charge in [0.2, 0.25) is 0 Å². The molecule has 0 saturated heterocycles. The van der Waals surface area contributed by atoms with Crippen LogP contribution in [-0.4, -0.2) is 40.7 Å². The summed E-state index contributed by atoms with van der Waals surface area (Å²) in [6, 6.07) is 0.0644. The number of nitrogens with zero attached hydrogens (tertiary/aromatic N) is 3. The summed E-state index contributed by atoms with van der Waals surface area (Å²) in [6.45, 7) is 4.87. The van der Waals surface area contributed by atoms with E-state index in [0.29, 0.717) is 19.0 Å². The highest BCUT2D eigenvalue weighted by Crippen LogP contribution is 2.27. The van der Waals surface area contributed by atoms with Gasteiger partial charge in [-0.25, -0.2) is 13.4 Å². The van der Waals surface area contributed by atoms with Crippen molar-refractivity contribution in [2.45, 2.75) is 63.6 Å². The molecule has 21 heavy (non-hydrogen) atoms. The quantitative estimate of drug-likeness (QED) is 0.752. The molecule has 1 heterocycles. The molecule has 0 amide bonds. The molecule has 0 spiro atoms. The summed E-state index contributed by atoms with van der Waals surface area (Å²) in [5, 5.41) is 0.151. The third-order valence-electron chi connectivity index (χ3n) is 4.15. The molecule has 1 aromatic heterocycles.